The molecule has 0 spiro atoms. The molecule has 5 aromatic rings. The van der Waals surface area contributed by atoms with Gasteiger partial charge in [0.15, 0.2) is 17.5 Å². The van der Waals surface area contributed by atoms with Gasteiger partial charge in [0.05, 0.1) is 0 Å². The normalized spacial score (nSPS) is 11.8. The highest BCUT2D eigenvalue weighted by atomic mass is 19.3. The average Bonchev–Trinajstić information content (AvgIpc) is 3.06. The van der Waals surface area contributed by atoms with Crippen LogP contribution >= 0.6 is 0 Å². The zero-order chi connectivity index (χ0) is 36.0. The van der Waals surface area contributed by atoms with Crippen LogP contribution in [0.15, 0.2) is 91.0 Å². The van der Waals surface area contributed by atoms with E-state index in [2.05, 4.69) is 11.7 Å². The summed E-state index contributed by atoms with van der Waals surface area (Å²) in [5, 5.41) is 0. The SMILES string of the molecule is CCCCCc1ccc(-c2ccc(-c3ccc(CCC=Cc4cc(F)c(C(F)(F)Oc5cc(F)c(F)c(F)c5)c(F)c4)c(F)c3)c(F)c2)cc1. The molecule has 50 heavy (non-hydrogen) atoms. The van der Waals surface area contributed by atoms with Crippen LogP contribution in [0.4, 0.5) is 39.5 Å². The zero-order valence-corrected chi connectivity index (χ0v) is 26.8. The first kappa shape index (κ1) is 36.3. The lowest BCUT2D eigenvalue weighted by Crippen LogP contribution is -2.25. The minimum Gasteiger partial charge on any atom is -0.429 e. The number of hydrogen-bond donors (Lipinski definition) is 0. The lowest BCUT2D eigenvalue weighted by Gasteiger charge is -2.20. The number of aryl methyl sites for hydroxylation is 2. The summed E-state index contributed by atoms with van der Waals surface area (Å²) in [6.07, 6.45) is 2.77. The quantitative estimate of drug-likeness (QED) is 0.0676. The molecule has 10 heteroatoms. The molecule has 0 amide bonds. The maximum absolute atomic E-state index is 15.2. The first-order chi connectivity index (χ1) is 23.9. The van der Waals surface area contributed by atoms with Gasteiger partial charge < -0.3 is 4.74 Å². The smallest absolute Gasteiger partial charge is 0.429 e. The Morgan fingerprint density at radius 1 is 0.600 bits per heavy atom. The van der Waals surface area contributed by atoms with Gasteiger partial charge in [-0.25, -0.2) is 30.7 Å². The van der Waals surface area contributed by atoms with Crippen LogP contribution < -0.4 is 4.74 Å². The Morgan fingerprint density at radius 2 is 1.22 bits per heavy atom. The molecule has 5 rings (SSSR count). The second-order valence-corrected chi connectivity index (χ2v) is 11.8. The van der Waals surface area contributed by atoms with Gasteiger partial charge in [0.2, 0.25) is 0 Å². The van der Waals surface area contributed by atoms with Gasteiger partial charge in [-0.1, -0.05) is 80.4 Å². The number of halogens is 9. The van der Waals surface area contributed by atoms with Crippen molar-refractivity contribution in [3.63, 3.8) is 0 Å². The van der Waals surface area contributed by atoms with E-state index in [0.29, 0.717) is 28.8 Å². The summed E-state index contributed by atoms with van der Waals surface area (Å²) in [6.45, 7) is 2.15. The topological polar surface area (TPSA) is 9.23 Å². The van der Waals surface area contributed by atoms with Crippen LogP contribution in [-0.2, 0) is 19.0 Å². The summed E-state index contributed by atoms with van der Waals surface area (Å²) in [5.74, 6) is -11.3. The van der Waals surface area contributed by atoms with Crippen LogP contribution in [0, 0.1) is 40.7 Å². The minimum atomic E-state index is -4.71. The zero-order valence-electron chi connectivity index (χ0n) is 26.8. The number of rotatable bonds is 13. The fourth-order valence-electron chi connectivity index (χ4n) is 5.50. The monoisotopic (exact) mass is 698 g/mol. The molecule has 0 aromatic heterocycles. The number of benzene rings is 5. The molecule has 5 aromatic carbocycles. The van der Waals surface area contributed by atoms with E-state index in [4.69, 9.17) is 0 Å². The lowest BCUT2D eigenvalue weighted by atomic mass is 9.97. The van der Waals surface area contributed by atoms with E-state index in [-0.39, 0.29) is 36.1 Å². The minimum absolute atomic E-state index is 0.112. The number of hydrogen-bond acceptors (Lipinski definition) is 1. The predicted octanol–water partition coefficient (Wildman–Crippen LogP) is 12.5. The highest BCUT2D eigenvalue weighted by molar-refractivity contribution is 5.71. The van der Waals surface area contributed by atoms with E-state index >= 15 is 8.78 Å². The fourth-order valence-corrected chi connectivity index (χ4v) is 5.50. The highest BCUT2D eigenvalue weighted by Crippen LogP contribution is 2.37. The van der Waals surface area contributed by atoms with E-state index in [9.17, 15) is 30.7 Å². The third-order valence-electron chi connectivity index (χ3n) is 8.14. The Morgan fingerprint density at radius 3 is 1.84 bits per heavy atom. The van der Waals surface area contributed by atoms with Gasteiger partial charge in [0, 0.05) is 17.7 Å². The summed E-state index contributed by atoms with van der Waals surface area (Å²) in [4.78, 5) is 0. The van der Waals surface area contributed by atoms with E-state index in [1.807, 2.05) is 24.3 Å². The van der Waals surface area contributed by atoms with Crippen molar-refractivity contribution in [1.82, 2.24) is 0 Å². The van der Waals surface area contributed by atoms with E-state index in [1.54, 1.807) is 18.2 Å². The highest BCUT2D eigenvalue weighted by Gasteiger charge is 2.41. The molecule has 260 valence electrons. The molecule has 0 fully saturated rings. The van der Waals surface area contributed by atoms with Crippen molar-refractivity contribution in [3.05, 3.63) is 154 Å². The molecule has 0 unspecified atom stereocenters. The predicted molar refractivity (Wildman–Crippen MR) is 175 cm³/mol. The number of allylic oxidation sites excluding steroid dienone is 1. The number of ether oxygens (including phenoxy) is 1. The molecule has 0 atom stereocenters. The maximum atomic E-state index is 15.2. The number of unbranched alkanes of at least 4 members (excludes halogenated alkanes) is 2. The van der Waals surface area contributed by atoms with Gasteiger partial charge in [-0.2, -0.15) is 8.78 Å². The average molecular weight is 699 g/mol. The van der Waals surface area contributed by atoms with Gasteiger partial charge in [0.25, 0.3) is 0 Å². The largest absolute Gasteiger partial charge is 0.432 e. The fraction of sp³-hybridized carbons (Fsp3) is 0.200. The van der Waals surface area contributed by atoms with Crippen molar-refractivity contribution in [2.75, 3.05) is 0 Å². The van der Waals surface area contributed by atoms with Crippen LogP contribution in [0.3, 0.4) is 0 Å². The van der Waals surface area contributed by atoms with Crippen molar-refractivity contribution in [3.8, 4) is 28.0 Å². The number of alkyl halides is 2. The van der Waals surface area contributed by atoms with Crippen LogP contribution in [0.2, 0.25) is 0 Å². The van der Waals surface area contributed by atoms with Gasteiger partial charge >= 0.3 is 6.11 Å². The lowest BCUT2D eigenvalue weighted by molar-refractivity contribution is -0.189. The molecule has 0 bridgehead atoms. The third kappa shape index (κ3) is 8.59. The van der Waals surface area contributed by atoms with Crippen molar-refractivity contribution in [2.45, 2.75) is 51.6 Å². The van der Waals surface area contributed by atoms with Gasteiger partial charge in [-0.3, -0.25) is 0 Å². The van der Waals surface area contributed by atoms with Crippen LogP contribution in [-0.4, -0.2) is 0 Å². The summed E-state index contributed by atoms with van der Waals surface area (Å²) >= 11 is 0. The molecule has 0 aliphatic rings. The Hall–Kier alpha value is -4.99. The van der Waals surface area contributed by atoms with Crippen molar-refractivity contribution < 1.29 is 44.3 Å². The van der Waals surface area contributed by atoms with E-state index in [1.165, 1.54) is 42.3 Å². The molecular formula is C40H31F9O. The van der Waals surface area contributed by atoms with Crippen LogP contribution in [0.5, 0.6) is 5.75 Å². The third-order valence-corrected chi connectivity index (χ3v) is 8.14. The van der Waals surface area contributed by atoms with Gasteiger partial charge in [-0.05, 0) is 83.3 Å². The maximum Gasteiger partial charge on any atom is 0.432 e. The molecule has 1 nitrogen and oxygen atoms in total. The van der Waals surface area contributed by atoms with Crippen LogP contribution in [0.1, 0.15) is 54.9 Å². The van der Waals surface area contributed by atoms with Crippen molar-refractivity contribution >= 4 is 6.08 Å². The Labute approximate surface area is 283 Å². The van der Waals surface area contributed by atoms with Gasteiger partial charge in [-0.15, -0.1) is 0 Å². The molecule has 0 saturated heterocycles. The summed E-state index contributed by atoms with van der Waals surface area (Å²) in [7, 11) is 0. The Balaban J connectivity index is 1.21. The standard InChI is InChI=1S/C40H31F9O/c1-2-3-4-7-24-10-12-26(13-11-24)28-16-17-31(33(42)20-28)29-15-14-27(32(41)21-29)9-6-5-8-25-18-34(43)38(35(44)19-25)40(48,49)50-30-22-36(45)39(47)37(46)23-30/h5,8,10-23H,2-4,6-7,9H2,1H3. The van der Waals surface area contributed by atoms with Gasteiger partial charge in [0.1, 0.15) is 34.6 Å². The first-order valence-electron chi connectivity index (χ1n) is 15.9. The molecule has 0 saturated carbocycles. The van der Waals surface area contributed by atoms with Crippen molar-refractivity contribution in [1.29, 1.82) is 0 Å². The summed E-state index contributed by atoms with van der Waals surface area (Å²) < 4.78 is 133. The summed E-state index contributed by atoms with van der Waals surface area (Å²) in [6, 6.07) is 18.5. The molecule has 0 heterocycles. The summed E-state index contributed by atoms with van der Waals surface area (Å²) in [5.41, 5.74) is 1.71. The first-order valence-corrected chi connectivity index (χ1v) is 15.9. The molecule has 0 aliphatic carbocycles. The molecular weight excluding hydrogens is 667 g/mol. The van der Waals surface area contributed by atoms with Crippen molar-refractivity contribution in [2.24, 2.45) is 0 Å². The second kappa shape index (κ2) is 15.7. The Bertz CT molecular complexity index is 1960. The second-order valence-electron chi connectivity index (χ2n) is 11.8. The molecule has 0 N–H and O–H groups in total. The van der Waals surface area contributed by atoms with E-state index < -0.39 is 58.1 Å². The van der Waals surface area contributed by atoms with E-state index in [0.717, 1.165) is 24.8 Å². The molecule has 0 aliphatic heterocycles. The Kier molecular flexibility index (Phi) is 11.4. The molecule has 0 radical (unpaired) electrons. The van der Waals surface area contributed by atoms with Crippen LogP contribution in [0.25, 0.3) is 28.3 Å².